The second-order valence-electron chi connectivity index (χ2n) is 5.96. The minimum atomic E-state index is -0.209. The Morgan fingerprint density at radius 2 is 1.92 bits per heavy atom. The summed E-state index contributed by atoms with van der Waals surface area (Å²) in [6, 6.07) is 9.26. The summed E-state index contributed by atoms with van der Waals surface area (Å²) >= 11 is 0. The number of carbonyl (C=O) groups is 1. The summed E-state index contributed by atoms with van der Waals surface area (Å²) < 4.78 is 3.41. The predicted octanol–water partition coefficient (Wildman–Crippen LogP) is 2.93. The van der Waals surface area contributed by atoms with Gasteiger partial charge in [0.25, 0.3) is 5.91 Å². The van der Waals surface area contributed by atoms with Crippen molar-refractivity contribution in [2.45, 2.75) is 26.8 Å². The Morgan fingerprint density at radius 3 is 2.62 bits per heavy atom. The van der Waals surface area contributed by atoms with Gasteiger partial charge in [-0.2, -0.15) is 10.2 Å². The highest BCUT2D eigenvalue weighted by atomic mass is 16.1. The van der Waals surface area contributed by atoms with Gasteiger partial charge in [-0.3, -0.25) is 4.79 Å². The minimum absolute atomic E-state index is 0.181. The Labute approximate surface area is 140 Å². The molecule has 0 aliphatic heterocycles. The van der Waals surface area contributed by atoms with Crippen molar-refractivity contribution in [3.8, 4) is 5.69 Å². The van der Waals surface area contributed by atoms with Gasteiger partial charge in [0.1, 0.15) is 18.5 Å². The van der Waals surface area contributed by atoms with E-state index in [-0.39, 0.29) is 11.9 Å². The average molecular weight is 324 g/mol. The van der Waals surface area contributed by atoms with Crippen molar-refractivity contribution in [3.05, 3.63) is 54.7 Å². The largest absolute Gasteiger partial charge is 0.307 e. The molecular weight excluding hydrogens is 304 g/mol. The Morgan fingerprint density at radius 1 is 1.12 bits per heavy atom. The summed E-state index contributed by atoms with van der Waals surface area (Å²) in [6.07, 6.45) is 4.70. The number of para-hydroxylation sites is 1. The molecule has 1 unspecified atom stereocenters. The number of carbonyl (C=O) groups excluding carboxylic acids is 1. The first-order valence-electron chi connectivity index (χ1n) is 7.87. The van der Waals surface area contributed by atoms with Crippen molar-refractivity contribution in [2.75, 3.05) is 5.32 Å². The number of benzene rings is 1. The summed E-state index contributed by atoms with van der Waals surface area (Å²) in [7, 11) is 0. The number of aromatic nitrogens is 5. The molecule has 0 fully saturated rings. The summed E-state index contributed by atoms with van der Waals surface area (Å²) in [6.45, 7) is 6.33. The molecule has 0 saturated heterocycles. The number of nitrogens with one attached hydrogen (secondary N) is 1. The van der Waals surface area contributed by atoms with Crippen LogP contribution in [0.3, 0.4) is 0 Å². The molecule has 7 heteroatoms. The number of hydrogen-bond donors (Lipinski definition) is 1. The number of anilines is 1. The van der Waals surface area contributed by atoms with Gasteiger partial charge in [-0.05, 0) is 25.0 Å². The fourth-order valence-corrected chi connectivity index (χ4v) is 2.40. The Kier molecular flexibility index (Phi) is 4.41. The normalized spacial score (nSPS) is 12.3. The van der Waals surface area contributed by atoms with Crippen LogP contribution in [0.2, 0.25) is 0 Å². The summed E-state index contributed by atoms with van der Waals surface area (Å²) in [5.41, 5.74) is 1.20. The van der Waals surface area contributed by atoms with Crippen LogP contribution < -0.4 is 5.32 Å². The van der Waals surface area contributed by atoms with E-state index < -0.39 is 0 Å². The van der Waals surface area contributed by atoms with E-state index in [9.17, 15) is 4.79 Å². The second-order valence-corrected chi connectivity index (χ2v) is 5.96. The minimum Gasteiger partial charge on any atom is -0.307 e. The lowest BCUT2D eigenvalue weighted by atomic mass is 10.1. The van der Waals surface area contributed by atoms with E-state index >= 15 is 0 Å². The maximum absolute atomic E-state index is 12.8. The van der Waals surface area contributed by atoms with Crippen molar-refractivity contribution in [1.29, 1.82) is 0 Å². The monoisotopic (exact) mass is 324 g/mol. The van der Waals surface area contributed by atoms with Gasteiger partial charge in [0.05, 0.1) is 23.5 Å². The van der Waals surface area contributed by atoms with Crippen molar-refractivity contribution in [3.63, 3.8) is 0 Å². The molecule has 0 radical (unpaired) electrons. The van der Waals surface area contributed by atoms with Gasteiger partial charge in [-0.1, -0.05) is 26.0 Å². The van der Waals surface area contributed by atoms with Crippen molar-refractivity contribution in [1.82, 2.24) is 24.5 Å². The molecule has 124 valence electrons. The van der Waals surface area contributed by atoms with Crippen molar-refractivity contribution < 1.29 is 4.79 Å². The Balaban J connectivity index is 1.89. The van der Waals surface area contributed by atoms with Gasteiger partial charge < -0.3 is 5.32 Å². The molecule has 0 saturated carbocycles. The third-order valence-corrected chi connectivity index (χ3v) is 4.08. The first-order valence-corrected chi connectivity index (χ1v) is 7.87. The van der Waals surface area contributed by atoms with Crippen molar-refractivity contribution in [2.24, 2.45) is 5.92 Å². The smallest absolute Gasteiger partial charge is 0.259 e. The highest BCUT2D eigenvalue weighted by molar-refractivity contribution is 6.06. The zero-order valence-electron chi connectivity index (χ0n) is 13.9. The summed E-state index contributed by atoms with van der Waals surface area (Å²) in [5, 5.41) is 11.4. The summed E-state index contributed by atoms with van der Waals surface area (Å²) in [5.74, 6) is 0.872. The molecule has 1 aromatic carbocycles. The van der Waals surface area contributed by atoms with E-state index in [1.165, 1.54) is 6.33 Å². The van der Waals surface area contributed by atoms with Gasteiger partial charge in [0, 0.05) is 6.07 Å². The first-order chi connectivity index (χ1) is 11.6. The molecule has 3 aromatic rings. The standard InChI is InChI=1S/C17H20N6O/c1-12(2)13(3)23-16(8-9-19-23)21-17(24)14-6-4-5-7-15(14)22-11-18-10-20-22/h4-13H,1-3H3,(H,21,24). The Hall–Kier alpha value is -2.96. The Bertz CT molecular complexity index is 821. The van der Waals surface area contributed by atoms with E-state index in [0.29, 0.717) is 23.0 Å². The lowest BCUT2D eigenvalue weighted by molar-refractivity contribution is 0.102. The van der Waals surface area contributed by atoms with E-state index in [0.717, 1.165) is 0 Å². The molecule has 24 heavy (non-hydrogen) atoms. The molecule has 1 atom stereocenters. The lowest BCUT2D eigenvalue weighted by Crippen LogP contribution is -2.21. The zero-order chi connectivity index (χ0) is 17.1. The number of hydrogen-bond acceptors (Lipinski definition) is 4. The van der Waals surface area contributed by atoms with Crippen LogP contribution in [-0.2, 0) is 0 Å². The van der Waals surface area contributed by atoms with Crippen LogP contribution in [0, 0.1) is 5.92 Å². The van der Waals surface area contributed by atoms with Crippen molar-refractivity contribution >= 4 is 11.7 Å². The molecule has 0 bridgehead atoms. The molecule has 2 heterocycles. The van der Waals surface area contributed by atoms with E-state index in [4.69, 9.17) is 0 Å². The highest BCUT2D eigenvalue weighted by Crippen LogP contribution is 2.22. The van der Waals surface area contributed by atoms with Crippen LogP contribution >= 0.6 is 0 Å². The second kappa shape index (κ2) is 6.66. The number of nitrogens with zero attached hydrogens (tertiary/aromatic N) is 5. The van der Waals surface area contributed by atoms with Crippen LogP contribution in [-0.4, -0.2) is 30.5 Å². The maximum Gasteiger partial charge on any atom is 0.259 e. The number of amides is 1. The van der Waals surface area contributed by atoms with Gasteiger partial charge in [-0.25, -0.2) is 14.3 Å². The van der Waals surface area contributed by atoms with Gasteiger partial charge in [0.2, 0.25) is 0 Å². The lowest BCUT2D eigenvalue weighted by Gasteiger charge is -2.19. The molecule has 2 aromatic heterocycles. The van der Waals surface area contributed by atoms with E-state index in [1.54, 1.807) is 29.3 Å². The van der Waals surface area contributed by atoms with E-state index in [1.807, 2.05) is 22.9 Å². The molecule has 1 N–H and O–H groups in total. The summed E-state index contributed by atoms with van der Waals surface area (Å²) in [4.78, 5) is 16.7. The molecule has 7 nitrogen and oxygen atoms in total. The SMILES string of the molecule is CC(C)C(C)n1nccc1NC(=O)c1ccccc1-n1cncn1. The number of rotatable bonds is 5. The van der Waals surface area contributed by atoms with Gasteiger partial charge in [0.15, 0.2) is 0 Å². The average Bonchev–Trinajstić information content (AvgIpc) is 3.25. The van der Waals surface area contributed by atoms with Crippen LogP contribution in [0.1, 0.15) is 37.2 Å². The third kappa shape index (κ3) is 3.05. The van der Waals surface area contributed by atoms with Gasteiger partial charge >= 0.3 is 0 Å². The zero-order valence-corrected chi connectivity index (χ0v) is 13.9. The fourth-order valence-electron chi connectivity index (χ4n) is 2.40. The van der Waals surface area contributed by atoms with Crippen LogP contribution in [0.5, 0.6) is 0 Å². The molecular formula is C17H20N6O. The third-order valence-electron chi connectivity index (χ3n) is 4.08. The van der Waals surface area contributed by atoms with Gasteiger partial charge in [-0.15, -0.1) is 0 Å². The maximum atomic E-state index is 12.8. The molecule has 1 amide bonds. The highest BCUT2D eigenvalue weighted by Gasteiger charge is 2.18. The van der Waals surface area contributed by atoms with Crippen LogP contribution in [0.4, 0.5) is 5.82 Å². The molecule has 3 rings (SSSR count). The molecule has 0 aliphatic rings. The quantitative estimate of drug-likeness (QED) is 0.783. The first kappa shape index (κ1) is 15.9. The fraction of sp³-hybridized carbons (Fsp3) is 0.294. The van der Waals surface area contributed by atoms with E-state index in [2.05, 4.69) is 41.3 Å². The predicted molar refractivity (Wildman–Crippen MR) is 91.1 cm³/mol. The molecule has 0 spiro atoms. The van der Waals surface area contributed by atoms with Crippen LogP contribution in [0.15, 0.2) is 49.2 Å². The van der Waals surface area contributed by atoms with Crippen LogP contribution in [0.25, 0.3) is 5.69 Å². The topological polar surface area (TPSA) is 77.6 Å². The molecule has 0 aliphatic carbocycles.